The van der Waals surface area contributed by atoms with Crippen molar-refractivity contribution in [3.05, 3.63) is 78.7 Å². The predicted molar refractivity (Wildman–Crippen MR) is 191 cm³/mol. The van der Waals surface area contributed by atoms with Crippen LogP contribution in [0.5, 0.6) is 5.75 Å². The molecule has 9 heteroatoms. The van der Waals surface area contributed by atoms with Crippen LogP contribution in [0, 0.1) is 46.7 Å². The molecule has 8 nitrogen and oxygen atoms in total. The molecule has 4 fully saturated rings. The third kappa shape index (κ3) is 9.27. The fourth-order valence-corrected chi connectivity index (χ4v) is 7.85. The molecule has 1 aliphatic heterocycles. The standard InChI is InChI=1S/C27H36FN3O3.C11H20.2H3N/c1-7-30(13-12-22-8-10-24(33-6)15-26(22)28)27(32)25-11-9-23(14-18(25)2)29-21(5)31-16-19(3)34-20(4)17-31;1-7-5-9-6-10(8(7)2)11(9,3)4;;/h7-11,14-15,18-20,25,29H,1,5,12-13,16-17H2,2-4,6H3;7-10H,5-6H2,1-4H3;2*1H3/t18?,19-,20+,25?;7?,8-,9-,10-;;/m.1../s1. The molecular formula is C38H62FN5O3. The van der Waals surface area contributed by atoms with Gasteiger partial charge in [-0.15, -0.1) is 0 Å². The molecule has 1 saturated heterocycles. The Bertz CT molecular complexity index is 1290. The normalized spacial score (nSPS) is 30.1. The number of morpholine rings is 1. The van der Waals surface area contributed by atoms with Crippen LogP contribution in [0.2, 0.25) is 0 Å². The van der Waals surface area contributed by atoms with E-state index < -0.39 is 0 Å². The first-order chi connectivity index (χ1) is 21.2. The van der Waals surface area contributed by atoms with Gasteiger partial charge in [0.1, 0.15) is 11.6 Å². The molecule has 3 saturated carbocycles. The Morgan fingerprint density at radius 3 is 2.32 bits per heavy atom. The van der Waals surface area contributed by atoms with Crippen LogP contribution in [-0.4, -0.2) is 54.7 Å². The number of hydrogen-bond donors (Lipinski definition) is 3. The van der Waals surface area contributed by atoms with Crippen molar-refractivity contribution in [2.24, 2.45) is 40.9 Å². The van der Waals surface area contributed by atoms with E-state index in [4.69, 9.17) is 9.47 Å². The smallest absolute Gasteiger partial charge is 0.234 e. The van der Waals surface area contributed by atoms with Gasteiger partial charge in [0.05, 0.1) is 31.1 Å². The molecule has 3 unspecified atom stereocenters. The van der Waals surface area contributed by atoms with Crippen LogP contribution >= 0.6 is 0 Å². The first-order valence-electron chi connectivity index (χ1n) is 16.8. The lowest BCUT2D eigenvalue weighted by Gasteiger charge is -2.61. The molecule has 4 aliphatic carbocycles. The van der Waals surface area contributed by atoms with E-state index in [0.717, 1.165) is 48.3 Å². The summed E-state index contributed by atoms with van der Waals surface area (Å²) in [6.45, 7) is 25.8. The summed E-state index contributed by atoms with van der Waals surface area (Å²) in [5, 5.41) is 3.38. The number of nitrogens with zero attached hydrogens (tertiary/aromatic N) is 2. The van der Waals surface area contributed by atoms with E-state index in [9.17, 15) is 9.18 Å². The molecule has 8 atom stereocenters. The number of halogens is 1. The van der Waals surface area contributed by atoms with E-state index in [1.807, 2.05) is 25.2 Å². The highest BCUT2D eigenvalue weighted by Crippen LogP contribution is 2.62. The number of rotatable bonds is 9. The molecule has 5 aliphatic rings. The Balaban J connectivity index is 0.000000496. The summed E-state index contributed by atoms with van der Waals surface area (Å²) in [4.78, 5) is 16.9. The molecule has 1 aromatic rings. The highest BCUT2D eigenvalue weighted by atomic mass is 19.1. The second kappa shape index (κ2) is 16.8. The molecule has 7 N–H and O–H groups in total. The van der Waals surface area contributed by atoms with Gasteiger partial charge < -0.3 is 36.9 Å². The maximum absolute atomic E-state index is 14.3. The van der Waals surface area contributed by atoms with Crippen molar-refractivity contribution in [3.8, 4) is 5.75 Å². The monoisotopic (exact) mass is 655 g/mol. The summed E-state index contributed by atoms with van der Waals surface area (Å²) in [5.74, 6) is 4.62. The molecule has 1 amide bonds. The Hall–Kier alpha value is -3.14. The predicted octanol–water partition coefficient (Wildman–Crippen LogP) is 7.87. The Morgan fingerprint density at radius 1 is 1.15 bits per heavy atom. The molecule has 0 radical (unpaired) electrons. The van der Waals surface area contributed by atoms with Crippen LogP contribution < -0.4 is 22.4 Å². The lowest BCUT2D eigenvalue weighted by atomic mass is 9.44. The van der Waals surface area contributed by atoms with Crippen LogP contribution in [0.4, 0.5) is 4.39 Å². The van der Waals surface area contributed by atoms with Crippen LogP contribution in [-0.2, 0) is 16.0 Å². The van der Waals surface area contributed by atoms with Gasteiger partial charge in [-0.05, 0) is 92.0 Å². The van der Waals surface area contributed by atoms with Crippen molar-refractivity contribution in [3.63, 3.8) is 0 Å². The average molecular weight is 656 g/mol. The van der Waals surface area contributed by atoms with Crippen molar-refractivity contribution < 1.29 is 18.7 Å². The van der Waals surface area contributed by atoms with Crippen LogP contribution in [0.25, 0.3) is 0 Å². The van der Waals surface area contributed by atoms with Crippen molar-refractivity contribution in [1.82, 2.24) is 27.4 Å². The van der Waals surface area contributed by atoms with Gasteiger partial charge in [-0.2, -0.15) is 0 Å². The second-order valence-electron chi connectivity index (χ2n) is 14.5. The topological polar surface area (TPSA) is 124 Å². The zero-order chi connectivity index (χ0) is 33.1. The summed E-state index contributed by atoms with van der Waals surface area (Å²) >= 11 is 0. The maximum atomic E-state index is 14.3. The number of methoxy groups -OCH3 is 1. The number of nitrogens with one attached hydrogen (secondary N) is 1. The highest BCUT2D eigenvalue weighted by Gasteiger charge is 2.54. The van der Waals surface area contributed by atoms with Crippen molar-refractivity contribution >= 4 is 5.91 Å². The summed E-state index contributed by atoms with van der Waals surface area (Å²) in [7, 11) is 1.50. The van der Waals surface area contributed by atoms with Gasteiger partial charge in [0, 0.05) is 31.4 Å². The lowest BCUT2D eigenvalue weighted by molar-refractivity contribution is -0.132. The summed E-state index contributed by atoms with van der Waals surface area (Å²) < 4.78 is 25.1. The SMILES string of the molecule is C=CN(CCc1ccc(OC)cc1F)C(=O)C1C=CC(NC(=C)N2C[C@@H](C)O[C@@H](C)C2)=CC1C.CC1C[C@@H]2C[C@H]([C@@H]1C)C2(C)C.N.N. The largest absolute Gasteiger partial charge is 0.497 e. The minimum Gasteiger partial charge on any atom is -0.497 e. The molecule has 1 heterocycles. The molecule has 2 bridgehead atoms. The number of carbonyl (C=O) groups is 1. The number of fused-ring (bicyclic) bond motifs is 2. The number of carbonyl (C=O) groups excluding carboxylic acids is 1. The van der Waals surface area contributed by atoms with Crippen LogP contribution in [0.15, 0.2) is 67.3 Å². The van der Waals surface area contributed by atoms with E-state index in [2.05, 4.69) is 64.9 Å². The lowest BCUT2D eigenvalue weighted by Crippen LogP contribution is -2.54. The Labute approximate surface area is 283 Å². The first kappa shape index (κ1) is 40.0. The van der Waals surface area contributed by atoms with Crippen LogP contribution in [0.1, 0.15) is 66.9 Å². The number of ether oxygens (including phenoxy) is 2. The summed E-state index contributed by atoms with van der Waals surface area (Å²) in [6.07, 6.45) is 11.1. The Kier molecular flexibility index (Phi) is 14.3. The van der Waals surface area contributed by atoms with Crippen molar-refractivity contribution in [2.45, 2.75) is 79.9 Å². The fourth-order valence-electron chi connectivity index (χ4n) is 7.85. The van der Waals surface area contributed by atoms with Gasteiger partial charge in [-0.25, -0.2) is 4.39 Å². The van der Waals surface area contributed by atoms with Gasteiger partial charge in [-0.1, -0.05) is 66.0 Å². The van der Waals surface area contributed by atoms with Gasteiger partial charge >= 0.3 is 0 Å². The van der Waals surface area contributed by atoms with E-state index in [1.54, 1.807) is 17.0 Å². The first-order valence-corrected chi connectivity index (χ1v) is 16.8. The zero-order valence-corrected chi connectivity index (χ0v) is 30.2. The highest BCUT2D eigenvalue weighted by molar-refractivity contribution is 5.82. The molecule has 6 rings (SSSR count). The van der Waals surface area contributed by atoms with E-state index in [1.165, 1.54) is 32.2 Å². The van der Waals surface area contributed by atoms with Gasteiger partial charge in [0.25, 0.3) is 0 Å². The maximum Gasteiger partial charge on any atom is 0.234 e. The third-order valence-corrected chi connectivity index (χ3v) is 11.0. The van der Waals surface area contributed by atoms with Crippen molar-refractivity contribution in [1.29, 1.82) is 0 Å². The number of allylic oxidation sites excluding steroid dienone is 2. The number of hydrogen-bond acceptors (Lipinski definition) is 7. The van der Waals surface area contributed by atoms with Gasteiger partial charge in [0.2, 0.25) is 5.91 Å². The summed E-state index contributed by atoms with van der Waals surface area (Å²) in [5.41, 5.74) is 2.13. The molecular weight excluding hydrogens is 593 g/mol. The molecule has 47 heavy (non-hydrogen) atoms. The third-order valence-electron chi connectivity index (χ3n) is 11.0. The minimum absolute atomic E-state index is 0. The molecule has 0 spiro atoms. The van der Waals surface area contributed by atoms with Gasteiger partial charge in [0.15, 0.2) is 0 Å². The van der Waals surface area contributed by atoms with E-state index >= 15 is 0 Å². The second-order valence-corrected chi connectivity index (χ2v) is 14.5. The van der Waals surface area contributed by atoms with Crippen molar-refractivity contribution in [2.75, 3.05) is 26.7 Å². The van der Waals surface area contributed by atoms with E-state index in [-0.39, 0.29) is 48.1 Å². The molecule has 1 aromatic carbocycles. The molecule has 0 aromatic heterocycles. The zero-order valence-electron chi connectivity index (χ0n) is 30.2. The summed E-state index contributed by atoms with van der Waals surface area (Å²) in [6, 6.07) is 4.76. The number of benzene rings is 1. The minimum atomic E-state index is -0.343. The Morgan fingerprint density at radius 2 is 1.81 bits per heavy atom. The van der Waals surface area contributed by atoms with Gasteiger partial charge in [-0.3, -0.25) is 4.79 Å². The average Bonchev–Trinajstić information content (AvgIpc) is 2.98. The van der Waals surface area contributed by atoms with Crippen LogP contribution in [0.3, 0.4) is 0 Å². The van der Waals surface area contributed by atoms with E-state index in [0.29, 0.717) is 29.7 Å². The quantitative estimate of drug-likeness (QED) is 0.247. The fraction of sp³-hybridized carbons (Fsp3) is 0.605. The molecule has 264 valence electrons. The number of amides is 1.